The minimum atomic E-state index is -0.461. The number of furan rings is 1. The highest BCUT2D eigenvalue weighted by Crippen LogP contribution is 2.18. The summed E-state index contributed by atoms with van der Waals surface area (Å²) in [4.78, 5) is 38.0. The second-order valence-corrected chi connectivity index (χ2v) is 7.30. The van der Waals surface area contributed by atoms with Crippen molar-refractivity contribution in [2.75, 3.05) is 6.54 Å². The molecular weight excluding hydrogens is 382 g/mol. The van der Waals surface area contributed by atoms with Gasteiger partial charge in [-0.3, -0.25) is 14.2 Å². The molecule has 0 radical (unpaired) electrons. The van der Waals surface area contributed by atoms with Crippen molar-refractivity contribution in [3.8, 4) is 0 Å². The topological polar surface area (TPSA) is 104 Å². The summed E-state index contributed by atoms with van der Waals surface area (Å²) in [6.45, 7) is 2.52. The fraction of sp³-hybridized carbons (Fsp3) is 0.333. The van der Waals surface area contributed by atoms with Crippen molar-refractivity contribution < 1.29 is 9.21 Å². The minimum Gasteiger partial charge on any atom is -0.467 e. The van der Waals surface area contributed by atoms with E-state index in [4.69, 9.17) is 4.42 Å². The van der Waals surface area contributed by atoms with E-state index >= 15 is 0 Å². The van der Waals surface area contributed by atoms with Crippen LogP contribution in [0.15, 0.2) is 43.8 Å². The van der Waals surface area contributed by atoms with Gasteiger partial charge >= 0.3 is 5.69 Å². The van der Waals surface area contributed by atoms with Gasteiger partial charge in [0.05, 0.1) is 18.3 Å². The summed E-state index contributed by atoms with van der Waals surface area (Å²) < 4.78 is 9.65. The molecule has 4 heterocycles. The Kier molecular flexibility index (Phi) is 4.86. The van der Waals surface area contributed by atoms with Gasteiger partial charge in [-0.25, -0.2) is 13.9 Å². The van der Waals surface area contributed by atoms with E-state index in [-0.39, 0.29) is 30.3 Å². The number of nitrogens with one attached hydrogen (secondary N) is 1. The van der Waals surface area contributed by atoms with Crippen LogP contribution in [0.3, 0.4) is 0 Å². The molecule has 0 saturated carbocycles. The fourth-order valence-electron chi connectivity index (χ4n) is 3.03. The Hall–Kier alpha value is -3.14. The normalized spacial score (nSPS) is 11.5. The van der Waals surface area contributed by atoms with E-state index in [1.54, 1.807) is 23.6 Å². The van der Waals surface area contributed by atoms with Crippen molar-refractivity contribution in [2.45, 2.75) is 32.9 Å². The monoisotopic (exact) mass is 401 g/mol. The molecular formula is C18H19N5O4S. The van der Waals surface area contributed by atoms with Gasteiger partial charge in [0, 0.05) is 6.54 Å². The summed E-state index contributed by atoms with van der Waals surface area (Å²) in [5.74, 6) is 0.457. The number of amides is 1. The summed E-state index contributed by atoms with van der Waals surface area (Å²) in [6.07, 6.45) is 3.35. The van der Waals surface area contributed by atoms with Crippen LogP contribution in [0.5, 0.6) is 0 Å². The van der Waals surface area contributed by atoms with Gasteiger partial charge < -0.3 is 9.73 Å². The standard InChI is InChI=1S/C18H19N5O4S/c1-2-3-7-19-14(24)11-22-18(26)23-13-6-9-28-15(13)16(25)21(17(23)20-22)10-12-5-4-8-27-12/h4-6,8-9H,2-3,7,10-11H2,1H3,(H,19,24). The van der Waals surface area contributed by atoms with Crippen LogP contribution in [0.1, 0.15) is 25.5 Å². The lowest BCUT2D eigenvalue weighted by atomic mass is 10.3. The van der Waals surface area contributed by atoms with E-state index in [9.17, 15) is 14.4 Å². The van der Waals surface area contributed by atoms with Crippen LogP contribution in [0, 0.1) is 0 Å². The molecule has 0 atom stereocenters. The molecule has 0 aromatic carbocycles. The number of carbonyl (C=O) groups excluding carboxylic acids is 1. The molecule has 1 amide bonds. The number of aromatic nitrogens is 4. The molecule has 0 fully saturated rings. The number of thiophene rings is 1. The first kappa shape index (κ1) is 18.2. The second-order valence-electron chi connectivity index (χ2n) is 6.38. The Morgan fingerprint density at radius 2 is 2.18 bits per heavy atom. The Labute approximate surface area is 162 Å². The van der Waals surface area contributed by atoms with Crippen LogP contribution >= 0.6 is 11.3 Å². The van der Waals surface area contributed by atoms with E-state index in [1.165, 1.54) is 26.6 Å². The molecule has 4 rings (SSSR count). The van der Waals surface area contributed by atoms with E-state index in [1.807, 2.05) is 6.92 Å². The van der Waals surface area contributed by atoms with Crippen LogP contribution in [-0.4, -0.2) is 31.2 Å². The van der Waals surface area contributed by atoms with Crippen LogP contribution < -0.4 is 16.6 Å². The summed E-state index contributed by atoms with van der Waals surface area (Å²) >= 11 is 1.26. The van der Waals surface area contributed by atoms with Crippen molar-refractivity contribution in [3.05, 3.63) is 56.4 Å². The maximum Gasteiger partial charge on any atom is 0.352 e. The smallest absolute Gasteiger partial charge is 0.352 e. The van der Waals surface area contributed by atoms with Crippen LogP contribution in [-0.2, 0) is 17.9 Å². The van der Waals surface area contributed by atoms with Crippen molar-refractivity contribution in [2.24, 2.45) is 0 Å². The third kappa shape index (κ3) is 3.15. The van der Waals surface area contributed by atoms with Crippen LogP contribution in [0.25, 0.3) is 16.0 Å². The van der Waals surface area contributed by atoms with E-state index in [0.717, 1.165) is 17.5 Å². The molecule has 0 unspecified atom stereocenters. The lowest BCUT2D eigenvalue weighted by Crippen LogP contribution is -2.33. The SMILES string of the molecule is CCCCNC(=O)Cn1nc2n(Cc3ccco3)c(=O)c3sccc3n2c1=O. The van der Waals surface area contributed by atoms with Gasteiger partial charge in [-0.15, -0.1) is 16.4 Å². The molecule has 0 saturated heterocycles. The molecule has 4 aromatic heterocycles. The number of hydrogen-bond acceptors (Lipinski definition) is 6. The van der Waals surface area contributed by atoms with Crippen LogP contribution in [0.2, 0.25) is 0 Å². The maximum absolute atomic E-state index is 12.9. The molecule has 4 aromatic rings. The number of unbranched alkanes of at least 4 members (excludes halogenated alkanes) is 1. The van der Waals surface area contributed by atoms with E-state index in [0.29, 0.717) is 22.5 Å². The van der Waals surface area contributed by atoms with Gasteiger partial charge in [0.25, 0.3) is 5.56 Å². The molecule has 9 nitrogen and oxygen atoms in total. The van der Waals surface area contributed by atoms with Crippen molar-refractivity contribution in [1.82, 2.24) is 24.1 Å². The van der Waals surface area contributed by atoms with Crippen molar-refractivity contribution in [1.29, 1.82) is 0 Å². The highest BCUT2D eigenvalue weighted by Gasteiger charge is 2.20. The van der Waals surface area contributed by atoms with Gasteiger partial charge in [-0.2, -0.15) is 0 Å². The highest BCUT2D eigenvalue weighted by atomic mass is 32.1. The first-order chi connectivity index (χ1) is 13.6. The average molecular weight is 401 g/mol. The van der Waals surface area contributed by atoms with Gasteiger partial charge in [0.15, 0.2) is 0 Å². The van der Waals surface area contributed by atoms with E-state index < -0.39 is 5.69 Å². The molecule has 146 valence electrons. The number of rotatable bonds is 7. The average Bonchev–Trinajstić information content (AvgIpc) is 3.40. The third-order valence-electron chi connectivity index (χ3n) is 4.43. The van der Waals surface area contributed by atoms with Crippen molar-refractivity contribution >= 4 is 33.2 Å². The first-order valence-corrected chi connectivity index (χ1v) is 9.86. The summed E-state index contributed by atoms with van der Waals surface area (Å²) in [7, 11) is 0. The predicted molar refractivity (Wildman–Crippen MR) is 105 cm³/mol. The Morgan fingerprint density at radius 1 is 1.32 bits per heavy atom. The molecule has 28 heavy (non-hydrogen) atoms. The summed E-state index contributed by atoms with van der Waals surface area (Å²) in [5.41, 5.74) is -0.223. The Bertz CT molecular complexity index is 1240. The zero-order chi connectivity index (χ0) is 19.7. The van der Waals surface area contributed by atoms with E-state index in [2.05, 4.69) is 10.4 Å². The Balaban J connectivity index is 1.82. The lowest BCUT2D eigenvalue weighted by Gasteiger charge is -2.05. The van der Waals surface area contributed by atoms with Gasteiger partial charge in [0.2, 0.25) is 11.7 Å². The fourth-order valence-corrected chi connectivity index (χ4v) is 3.86. The zero-order valence-electron chi connectivity index (χ0n) is 15.3. The maximum atomic E-state index is 12.9. The second kappa shape index (κ2) is 7.47. The first-order valence-electron chi connectivity index (χ1n) is 8.98. The predicted octanol–water partition coefficient (Wildman–Crippen LogP) is 1.43. The number of carbonyl (C=O) groups is 1. The van der Waals surface area contributed by atoms with Crippen LogP contribution in [0.4, 0.5) is 0 Å². The quantitative estimate of drug-likeness (QED) is 0.472. The summed E-state index contributed by atoms with van der Waals surface area (Å²) in [5, 5.41) is 8.81. The van der Waals surface area contributed by atoms with Gasteiger partial charge in [0.1, 0.15) is 17.0 Å². The minimum absolute atomic E-state index is 0.141. The highest BCUT2D eigenvalue weighted by molar-refractivity contribution is 7.17. The number of fused-ring (bicyclic) bond motifs is 3. The Morgan fingerprint density at radius 3 is 2.93 bits per heavy atom. The summed E-state index contributed by atoms with van der Waals surface area (Å²) in [6, 6.07) is 5.19. The molecule has 0 spiro atoms. The molecule has 10 heteroatoms. The molecule has 1 N–H and O–H groups in total. The molecule has 0 bridgehead atoms. The lowest BCUT2D eigenvalue weighted by molar-refractivity contribution is -0.121. The van der Waals surface area contributed by atoms with Gasteiger partial charge in [-0.05, 0) is 30.0 Å². The zero-order valence-corrected chi connectivity index (χ0v) is 16.1. The molecule has 0 aliphatic rings. The largest absolute Gasteiger partial charge is 0.467 e. The number of nitrogens with zero attached hydrogens (tertiary/aromatic N) is 4. The number of hydrogen-bond donors (Lipinski definition) is 1. The van der Waals surface area contributed by atoms with Gasteiger partial charge in [-0.1, -0.05) is 13.3 Å². The molecule has 0 aliphatic heterocycles. The van der Waals surface area contributed by atoms with Crippen molar-refractivity contribution in [3.63, 3.8) is 0 Å². The third-order valence-corrected chi connectivity index (χ3v) is 5.32. The molecule has 0 aliphatic carbocycles.